The molecule has 0 aliphatic rings. The first-order valence-corrected chi connectivity index (χ1v) is 6.14. The van der Waals surface area contributed by atoms with Gasteiger partial charge >= 0.3 is 5.97 Å². The Morgan fingerprint density at radius 1 is 1.25 bits per heavy atom. The molecule has 1 aromatic heterocycles. The predicted octanol–water partition coefficient (Wildman–Crippen LogP) is 3.28. The number of esters is 1. The fraction of sp³-hybridized carbons (Fsp3) is 0.143. The van der Waals surface area contributed by atoms with E-state index in [1.807, 2.05) is 0 Å². The van der Waals surface area contributed by atoms with Crippen molar-refractivity contribution in [2.24, 2.45) is 0 Å². The van der Waals surface area contributed by atoms with Gasteiger partial charge < -0.3 is 14.5 Å². The monoisotopic (exact) mass is 293 g/mol. The Balaban J connectivity index is 2.16. The number of hydrogen-bond donors (Lipinski definition) is 1. The SMILES string of the molecule is COC(=O)c1ccc(NC(=O)c2ccc(C)o2)cc1Cl. The van der Waals surface area contributed by atoms with Gasteiger partial charge in [-0.25, -0.2) is 4.79 Å². The number of hydrogen-bond acceptors (Lipinski definition) is 4. The van der Waals surface area contributed by atoms with E-state index in [1.54, 1.807) is 25.1 Å². The van der Waals surface area contributed by atoms with Gasteiger partial charge in [0.05, 0.1) is 17.7 Å². The topological polar surface area (TPSA) is 68.5 Å². The highest BCUT2D eigenvalue weighted by Crippen LogP contribution is 2.22. The lowest BCUT2D eigenvalue weighted by atomic mass is 10.2. The van der Waals surface area contributed by atoms with Crippen LogP contribution in [0, 0.1) is 6.92 Å². The highest BCUT2D eigenvalue weighted by molar-refractivity contribution is 6.34. The zero-order valence-electron chi connectivity index (χ0n) is 10.9. The summed E-state index contributed by atoms with van der Waals surface area (Å²) >= 11 is 5.96. The molecule has 0 radical (unpaired) electrons. The van der Waals surface area contributed by atoms with E-state index >= 15 is 0 Å². The van der Waals surface area contributed by atoms with Gasteiger partial charge in [-0.3, -0.25) is 4.79 Å². The molecule has 2 rings (SSSR count). The van der Waals surface area contributed by atoms with Gasteiger partial charge in [-0.1, -0.05) is 11.6 Å². The summed E-state index contributed by atoms with van der Waals surface area (Å²) in [4.78, 5) is 23.3. The highest BCUT2D eigenvalue weighted by Gasteiger charge is 2.14. The van der Waals surface area contributed by atoms with E-state index in [4.69, 9.17) is 16.0 Å². The minimum atomic E-state index is -0.533. The van der Waals surface area contributed by atoms with Gasteiger partial charge in [0.15, 0.2) is 5.76 Å². The molecule has 0 aliphatic heterocycles. The van der Waals surface area contributed by atoms with E-state index in [9.17, 15) is 9.59 Å². The zero-order valence-corrected chi connectivity index (χ0v) is 11.7. The largest absolute Gasteiger partial charge is 0.465 e. The van der Waals surface area contributed by atoms with E-state index in [0.717, 1.165) is 0 Å². The van der Waals surface area contributed by atoms with Crippen molar-refractivity contribution in [2.75, 3.05) is 12.4 Å². The maximum Gasteiger partial charge on any atom is 0.339 e. The third-order valence-electron chi connectivity index (χ3n) is 2.60. The number of methoxy groups -OCH3 is 1. The van der Waals surface area contributed by atoms with Crippen molar-refractivity contribution in [2.45, 2.75) is 6.92 Å². The van der Waals surface area contributed by atoms with Crippen molar-refractivity contribution in [1.29, 1.82) is 0 Å². The molecular weight excluding hydrogens is 282 g/mol. The molecule has 0 bridgehead atoms. The fourth-order valence-corrected chi connectivity index (χ4v) is 1.88. The molecule has 0 aliphatic carbocycles. The lowest BCUT2D eigenvalue weighted by Crippen LogP contribution is -2.11. The lowest BCUT2D eigenvalue weighted by molar-refractivity contribution is 0.0601. The molecule has 0 saturated carbocycles. The molecule has 0 saturated heterocycles. The van der Waals surface area contributed by atoms with Gasteiger partial charge in [0.1, 0.15) is 5.76 Å². The molecule has 0 spiro atoms. The summed E-state index contributed by atoms with van der Waals surface area (Å²) < 4.78 is 9.79. The first-order chi connectivity index (χ1) is 9.51. The summed E-state index contributed by atoms with van der Waals surface area (Å²) in [5.74, 6) is -0.0700. The average molecular weight is 294 g/mol. The standard InChI is InChI=1S/C14H12ClNO4/c1-8-3-6-12(20-8)13(17)16-9-4-5-10(11(15)7-9)14(18)19-2/h3-7H,1-2H3,(H,16,17). The van der Waals surface area contributed by atoms with Gasteiger partial charge in [0, 0.05) is 5.69 Å². The first-order valence-electron chi connectivity index (χ1n) is 5.77. The maximum atomic E-state index is 11.9. The van der Waals surface area contributed by atoms with Crippen LogP contribution in [0.25, 0.3) is 0 Å². The Morgan fingerprint density at radius 2 is 2.00 bits per heavy atom. The smallest absolute Gasteiger partial charge is 0.339 e. The van der Waals surface area contributed by atoms with Crippen LogP contribution in [0.4, 0.5) is 5.69 Å². The van der Waals surface area contributed by atoms with E-state index in [0.29, 0.717) is 11.4 Å². The van der Waals surface area contributed by atoms with Crippen LogP contribution in [-0.4, -0.2) is 19.0 Å². The van der Waals surface area contributed by atoms with E-state index in [1.165, 1.54) is 19.2 Å². The Morgan fingerprint density at radius 3 is 2.55 bits per heavy atom. The molecule has 1 amide bonds. The summed E-state index contributed by atoms with van der Waals surface area (Å²) in [5, 5.41) is 2.83. The zero-order chi connectivity index (χ0) is 14.7. The third kappa shape index (κ3) is 3.00. The summed E-state index contributed by atoms with van der Waals surface area (Å²) in [6, 6.07) is 7.79. The van der Waals surface area contributed by atoms with Gasteiger partial charge in [-0.15, -0.1) is 0 Å². The van der Waals surface area contributed by atoms with E-state index < -0.39 is 5.97 Å². The number of halogens is 1. The first kappa shape index (κ1) is 14.1. The Hall–Kier alpha value is -2.27. The fourth-order valence-electron chi connectivity index (χ4n) is 1.62. The van der Waals surface area contributed by atoms with Crippen LogP contribution in [-0.2, 0) is 4.74 Å². The van der Waals surface area contributed by atoms with Gasteiger partial charge in [0.2, 0.25) is 0 Å². The molecule has 104 valence electrons. The molecular formula is C14H12ClNO4. The molecule has 1 N–H and O–H groups in total. The number of anilines is 1. The Kier molecular flexibility index (Phi) is 4.10. The Bertz CT molecular complexity index is 663. The molecule has 20 heavy (non-hydrogen) atoms. The molecule has 2 aromatic rings. The number of ether oxygens (including phenoxy) is 1. The second-order valence-electron chi connectivity index (χ2n) is 4.05. The van der Waals surface area contributed by atoms with Gasteiger partial charge in [-0.05, 0) is 37.3 Å². The number of amides is 1. The second-order valence-corrected chi connectivity index (χ2v) is 4.46. The van der Waals surface area contributed by atoms with Crippen molar-refractivity contribution < 1.29 is 18.7 Å². The third-order valence-corrected chi connectivity index (χ3v) is 2.91. The number of benzene rings is 1. The quantitative estimate of drug-likeness (QED) is 0.882. The molecule has 0 fully saturated rings. The van der Waals surface area contributed by atoms with Crippen molar-refractivity contribution in [3.05, 3.63) is 52.4 Å². The summed E-state index contributed by atoms with van der Waals surface area (Å²) in [7, 11) is 1.27. The number of nitrogens with one attached hydrogen (secondary N) is 1. The van der Waals surface area contributed by atoms with Crippen LogP contribution >= 0.6 is 11.6 Å². The van der Waals surface area contributed by atoms with E-state index in [2.05, 4.69) is 10.1 Å². The second kappa shape index (κ2) is 5.79. The van der Waals surface area contributed by atoms with Gasteiger partial charge in [0.25, 0.3) is 5.91 Å². The number of rotatable bonds is 3. The maximum absolute atomic E-state index is 11.9. The molecule has 5 nitrogen and oxygen atoms in total. The van der Waals surface area contributed by atoms with Crippen molar-refractivity contribution >= 4 is 29.2 Å². The van der Waals surface area contributed by atoms with Crippen LogP contribution in [0.2, 0.25) is 5.02 Å². The van der Waals surface area contributed by atoms with Crippen LogP contribution in [0.1, 0.15) is 26.7 Å². The molecule has 0 atom stereocenters. The van der Waals surface area contributed by atoms with E-state index in [-0.39, 0.29) is 22.3 Å². The van der Waals surface area contributed by atoms with Crippen molar-refractivity contribution in [3.63, 3.8) is 0 Å². The van der Waals surface area contributed by atoms with Crippen LogP contribution < -0.4 is 5.32 Å². The number of furan rings is 1. The predicted molar refractivity (Wildman–Crippen MR) is 74.2 cm³/mol. The molecule has 0 unspecified atom stereocenters. The number of carbonyl (C=O) groups excluding carboxylic acids is 2. The van der Waals surface area contributed by atoms with Gasteiger partial charge in [-0.2, -0.15) is 0 Å². The average Bonchev–Trinajstić information content (AvgIpc) is 2.85. The molecule has 6 heteroatoms. The van der Waals surface area contributed by atoms with Crippen molar-refractivity contribution in [1.82, 2.24) is 0 Å². The minimum absolute atomic E-state index is 0.199. The summed E-state index contributed by atoms with van der Waals surface area (Å²) in [6.07, 6.45) is 0. The molecule has 1 heterocycles. The highest BCUT2D eigenvalue weighted by atomic mass is 35.5. The minimum Gasteiger partial charge on any atom is -0.465 e. The van der Waals surface area contributed by atoms with Crippen LogP contribution in [0.3, 0.4) is 0 Å². The van der Waals surface area contributed by atoms with Crippen LogP contribution in [0.15, 0.2) is 34.7 Å². The number of aryl methyl sites for hydroxylation is 1. The number of carbonyl (C=O) groups is 2. The lowest BCUT2D eigenvalue weighted by Gasteiger charge is -2.06. The van der Waals surface area contributed by atoms with Crippen molar-refractivity contribution in [3.8, 4) is 0 Å². The summed E-state index contributed by atoms with van der Waals surface area (Å²) in [5.41, 5.74) is 0.697. The summed E-state index contributed by atoms with van der Waals surface area (Å²) in [6.45, 7) is 1.75. The van der Waals surface area contributed by atoms with Crippen LogP contribution in [0.5, 0.6) is 0 Å². The molecule has 1 aromatic carbocycles. The Labute approximate surface area is 120 Å². The normalized spacial score (nSPS) is 10.2.